The van der Waals surface area contributed by atoms with Gasteiger partial charge in [0.1, 0.15) is 35.6 Å². The minimum absolute atomic E-state index is 0.228. The van der Waals surface area contributed by atoms with E-state index in [-0.39, 0.29) is 17.6 Å². The van der Waals surface area contributed by atoms with E-state index in [0.717, 1.165) is 37.0 Å². The number of methoxy groups -OCH3 is 1. The molecule has 2 heterocycles. The van der Waals surface area contributed by atoms with Gasteiger partial charge in [-0.15, -0.1) is 11.8 Å². The van der Waals surface area contributed by atoms with Crippen LogP contribution in [0.1, 0.15) is 37.7 Å². The van der Waals surface area contributed by atoms with Crippen LogP contribution in [0.4, 0.5) is 0 Å². The van der Waals surface area contributed by atoms with Crippen LogP contribution in [0.3, 0.4) is 0 Å². The molecule has 4 rings (SSSR count). The first-order valence-electron chi connectivity index (χ1n) is 10.1. The Morgan fingerprint density at radius 2 is 1.93 bits per heavy atom. The lowest BCUT2D eigenvalue weighted by Crippen LogP contribution is -2.65. The van der Waals surface area contributed by atoms with Crippen LogP contribution in [-0.4, -0.2) is 60.7 Å². The zero-order valence-corrected chi connectivity index (χ0v) is 17.4. The fraction of sp³-hybridized carbons (Fsp3) is 0.714. The van der Waals surface area contributed by atoms with Crippen LogP contribution in [0.2, 0.25) is 0 Å². The maximum Gasteiger partial charge on any atom is 0.169 e. The first-order valence-corrected chi connectivity index (χ1v) is 11.4. The summed E-state index contributed by atoms with van der Waals surface area (Å²) in [4.78, 5) is 0. The van der Waals surface area contributed by atoms with E-state index in [1.165, 1.54) is 18.2 Å². The van der Waals surface area contributed by atoms with E-state index in [0.29, 0.717) is 13.2 Å². The van der Waals surface area contributed by atoms with Crippen molar-refractivity contribution in [2.24, 2.45) is 0 Å². The Balaban J connectivity index is 1.48. The Hall–Kier alpha value is -0.830. The SMILES string of the molecule is COc1ccc(CO[C@@H]2[C@H](O)[C@@H](SC)O[C@@H]3COC4(CCCCC4)O[C@@H]23)cc1. The average Bonchev–Trinajstić information content (AvgIpc) is 2.74. The number of ether oxygens (including phenoxy) is 5. The molecule has 1 aliphatic carbocycles. The van der Waals surface area contributed by atoms with Crippen LogP contribution in [0.5, 0.6) is 5.75 Å². The largest absolute Gasteiger partial charge is 0.497 e. The molecule has 0 bridgehead atoms. The third-order valence-corrected chi connectivity index (χ3v) is 6.78. The van der Waals surface area contributed by atoms with Gasteiger partial charge in [0.15, 0.2) is 5.79 Å². The van der Waals surface area contributed by atoms with Gasteiger partial charge in [-0.05, 0) is 36.8 Å². The number of rotatable bonds is 5. The first-order chi connectivity index (χ1) is 13.6. The number of hydrogen-bond acceptors (Lipinski definition) is 7. The van der Waals surface area contributed by atoms with Crippen molar-refractivity contribution in [2.75, 3.05) is 20.0 Å². The highest BCUT2D eigenvalue weighted by atomic mass is 32.2. The lowest BCUT2D eigenvalue weighted by molar-refractivity contribution is -0.373. The molecule has 3 aliphatic rings. The van der Waals surface area contributed by atoms with Gasteiger partial charge >= 0.3 is 0 Å². The predicted molar refractivity (Wildman–Crippen MR) is 106 cm³/mol. The summed E-state index contributed by atoms with van der Waals surface area (Å²) in [7, 11) is 1.65. The molecule has 2 saturated heterocycles. The summed E-state index contributed by atoms with van der Waals surface area (Å²) in [6, 6.07) is 7.77. The smallest absolute Gasteiger partial charge is 0.169 e. The minimum Gasteiger partial charge on any atom is -0.497 e. The maximum atomic E-state index is 10.9. The lowest BCUT2D eigenvalue weighted by Gasteiger charge is -2.52. The number of fused-ring (bicyclic) bond motifs is 1. The van der Waals surface area contributed by atoms with Crippen LogP contribution in [0, 0.1) is 0 Å². The molecule has 7 heteroatoms. The molecular weight excluding hydrogens is 380 g/mol. The highest BCUT2D eigenvalue weighted by Crippen LogP contribution is 2.42. The lowest BCUT2D eigenvalue weighted by atomic mass is 9.90. The Labute approximate surface area is 170 Å². The van der Waals surface area contributed by atoms with E-state index in [1.54, 1.807) is 7.11 Å². The molecule has 1 N–H and O–H groups in total. The third-order valence-electron chi connectivity index (χ3n) is 5.93. The summed E-state index contributed by atoms with van der Waals surface area (Å²) in [5, 5.41) is 10.9. The second kappa shape index (κ2) is 8.90. The van der Waals surface area contributed by atoms with E-state index in [4.69, 9.17) is 23.7 Å². The third kappa shape index (κ3) is 4.20. The van der Waals surface area contributed by atoms with Crippen LogP contribution in [0.25, 0.3) is 0 Å². The molecule has 0 amide bonds. The molecule has 1 spiro atoms. The Bertz CT molecular complexity index is 632. The second-order valence-corrected chi connectivity index (χ2v) is 8.69. The maximum absolute atomic E-state index is 10.9. The molecule has 5 atom stereocenters. The molecule has 1 aromatic carbocycles. The van der Waals surface area contributed by atoms with Gasteiger partial charge in [0.25, 0.3) is 0 Å². The van der Waals surface area contributed by atoms with Gasteiger partial charge in [-0.2, -0.15) is 0 Å². The molecule has 0 unspecified atom stereocenters. The van der Waals surface area contributed by atoms with Crippen LogP contribution >= 0.6 is 11.8 Å². The number of benzene rings is 1. The van der Waals surface area contributed by atoms with Gasteiger partial charge in [0.05, 0.1) is 20.3 Å². The molecule has 28 heavy (non-hydrogen) atoms. The fourth-order valence-electron chi connectivity index (χ4n) is 4.34. The standard InChI is InChI=1S/C21H30O6S/c1-23-15-8-6-14(7-9-15)12-24-19-17(22)20(28-2)26-16-13-25-21(27-18(16)19)10-4-3-5-11-21/h6-9,16-20,22H,3-5,10-13H2,1-2H3/t16-,17+,18-,19-,20-/m1/s1. The molecule has 1 aromatic rings. The second-order valence-electron chi connectivity index (χ2n) is 7.76. The molecule has 2 aliphatic heterocycles. The van der Waals surface area contributed by atoms with Crippen molar-refractivity contribution in [1.29, 1.82) is 0 Å². The molecule has 6 nitrogen and oxygen atoms in total. The molecular formula is C21H30O6S. The zero-order chi connectivity index (χ0) is 19.6. The van der Waals surface area contributed by atoms with Crippen LogP contribution < -0.4 is 4.74 Å². The Kier molecular flexibility index (Phi) is 6.50. The molecule has 0 aromatic heterocycles. The number of aliphatic hydroxyl groups excluding tert-OH is 1. The van der Waals surface area contributed by atoms with Gasteiger partial charge in [0.2, 0.25) is 0 Å². The van der Waals surface area contributed by atoms with Gasteiger partial charge in [-0.3, -0.25) is 0 Å². The van der Waals surface area contributed by atoms with Gasteiger partial charge < -0.3 is 28.8 Å². The summed E-state index contributed by atoms with van der Waals surface area (Å²) in [5.74, 6) is 0.264. The number of aliphatic hydroxyl groups is 1. The highest BCUT2D eigenvalue weighted by Gasteiger charge is 2.53. The molecule has 156 valence electrons. The highest BCUT2D eigenvalue weighted by molar-refractivity contribution is 7.99. The van der Waals surface area contributed by atoms with E-state index in [2.05, 4.69) is 0 Å². The van der Waals surface area contributed by atoms with E-state index in [9.17, 15) is 5.11 Å². The van der Waals surface area contributed by atoms with Crippen molar-refractivity contribution in [3.05, 3.63) is 29.8 Å². The topological polar surface area (TPSA) is 66.4 Å². The van der Waals surface area contributed by atoms with Crippen molar-refractivity contribution < 1.29 is 28.8 Å². The fourth-order valence-corrected chi connectivity index (χ4v) is 5.03. The van der Waals surface area contributed by atoms with E-state index in [1.807, 2.05) is 30.5 Å². The van der Waals surface area contributed by atoms with Crippen molar-refractivity contribution in [1.82, 2.24) is 0 Å². The minimum atomic E-state index is -0.756. The van der Waals surface area contributed by atoms with Gasteiger partial charge in [0, 0.05) is 12.8 Å². The van der Waals surface area contributed by atoms with Crippen molar-refractivity contribution in [3.8, 4) is 5.75 Å². The number of hydrogen-bond donors (Lipinski definition) is 1. The predicted octanol–water partition coefficient (Wildman–Crippen LogP) is 3.11. The summed E-state index contributed by atoms with van der Waals surface area (Å²) in [6.07, 6.45) is 5.37. The summed E-state index contributed by atoms with van der Waals surface area (Å²) in [6.45, 7) is 0.879. The van der Waals surface area contributed by atoms with Crippen LogP contribution in [0.15, 0.2) is 24.3 Å². The number of thioether (sulfide) groups is 1. The van der Waals surface area contributed by atoms with Gasteiger partial charge in [-0.1, -0.05) is 18.6 Å². The van der Waals surface area contributed by atoms with Crippen molar-refractivity contribution >= 4 is 11.8 Å². The van der Waals surface area contributed by atoms with E-state index >= 15 is 0 Å². The Morgan fingerprint density at radius 1 is 1.18 bits per heavy atom. The van der Waals surface area contributed by atoms with Crippen LogP contribution in [-0.2, 0) is 25.6 Å². The molecule has 3 fully saturated rings. The summed E-state index contributed by atoms with van der Waals surface area (Å²) in [5.41, 5.74) is 0.672. The normalized spacial score (nSPS) is 34.8. The quantitative estimate of drug-likeness (QED) is 0.800. The molecule has 0 radical (unpaired) electrons. The monoisotopic (exact) mass is 410 g/mol. The summed E-state index contributed by atoms with van der Waals surface area (Å²) >= 11 is 1.49. The average molecular weight is 411 g/mol. The van der Waals surface area contributed by atoms with Crippen molar-refractivity contribution in [2.45, 2.75) is 74.3 Å². The Morgan fingerprint density at radius 3 is 2.61 bits per heavy atom. The zero-order valence-electron chi connectivity index (χ0n) is 16.5. The first kappa shape index (κ1) is 20.4. The van der Waals surface area contributed by atoms with Crippen molar-refractivity contribution in [3.63, 3.8) is 0 Å². The van der Waals surface area contributed by atoms with E-state index < -0.39 is 18.0 Å². The summed E-state index contributed by atoms with van der Waals surface area (Å²) < 4.78 is 30.1. The van der Waals surface area contributed by atoms with Gasteiger partial charge in [-0.25, -0.2) is 0 Å². The molecule has 1 saturated carbocycles.